The molecule has 0 aliphatic carbocycles. The normalized spacial score (nSPS) is 19.2. The van der Waals surface area contributed by atoms with Gasteiger partial charge in [0.15, 0.2) is 0 Å². The highest BCUT2D eigenvalue weighted by Crippen LogP contribution is 2.19. The second-order valence-corrected chi connectivity index (χ2v) is 10.7. The number of carbonyl (C=O) groups excluding carboxylic acids is 1. The van der Waals surface area contributed by atoms with Crippen LogP contribution in [0.2, 0.25) is 0 Å². The molecule has 0 bridgehead atoms. The average molecular weight is 493 g/mol. The van der Waals surface area contributed by atoms with E-state index in [1.54, 1.807) is 17.0 Å². The first-order chi connectivity index (χ1) is 16.3. The van der Waals surface area contributed by atoms with Crippen molar-refractivity contribution in [2.24, 2.45) is 0 Å². The Hall–Kier alpha value is -2.40. The molecule has 2 aliphatic rings. The van der Waals surface area contributed by atoms with E-state index in [1.807, 2.05) is 0 Å². The molecular formula is C24H30F2N4O3S. The number of hydrogen-bond donors (Lipinski definition) is 0. The topological polar surface area (TPSA) is 64.2 Å². The van der Waals surface area contributed by atoms with Crippen molar-refractivity contribution in [2.75, 3.05) is 58.9 Å². The fourth-order valence-corrected chi connectivity index (χ4v) is 5.89. The Labute approximate surface area is 199 Å². The third-order valence-corrected chi connectivity index (χ3v) is 8.28. The molecule has 10 heteroatoms. The van der Waals surface area contributed by atoms with Gasteiger partial charge in [-0.2, -0.15) is 4.31 Å². The summed E-state index contributed by atoms with van der Waals surface area (Å²) < 4.78 is 53.5. The number of sulfonamides is 1. The summed E-state index contributed by atoms with van der Waals surface area (Å²) in [5.41, 5.74) is 1.07. The van der Waals surface area contributed by atoms with Crippen LogP contribution in [0.1, 0.15) is 12.0 Å². The van der Waals surface area contributed by atoms with Gasteiger partial charge >= 0.3 is 0 Å². The lowest BCUT2D eigenvalue weighted by Crippen LogP contribution is -2.52. The Balaban J connectivity index is 1.25. The summed E-state index contributed by atoms with van der Waals surface area (Å²) >= 11 is 0. The van der Waals surface area contributed by atoms with Crippen LogP contribution in [-0.2, 0) is 21.4 Å². The number of rotatable bonds is 6. The quantitative estimate of drug-likeness (QED) is 0.618. The molecule has 2 aromatic carbocycles. The maximum Gasteiger partial charge on any atom is 0.243 e. The number of hydrogen-bond acceptors (Lipinski definition) is 5. The van der Waals surface area contributed by atoms with Crippen molar-refractivity contribution in [2.45, 2.75) is 17.9 Å². The largest absolute Gasteiger partial charge is 0.339 e. The Morgan fingerprint density at radius 2 is 1.47 bits per heavy atom. The van der Waals surface area contributed by atoms with E-state index in [4.69, 9.17) is 0 Å². The van der Waals surface area contributed by atoms with Gasteiger partial charge in [0, 0.05) is 45.8 Å². The number of carbonyl (C=O) groups is 1. The van der Waals surface area contributed by atoms with Crippen LogP contribution in [0.15, 0.2) is 53.4 Å². The first-order valence-electron chi connectivity index (χ1n) is 11.5. The van der Waals surface area contributed by atoms with Crippen LogP contribution in [0.4, 0.5) is 8.78 Å². The molecule has 2 aliphatic heterocycles. The van der Waals surface area contributed by atoms with Gasteiger partial charge in [-0.3, -0.25) is 14.6 Å². The summed E-state index contributed by atoms with van der Waals surface area (Å²) in [6.07, 6.45) is 0.939. The molecule has 0 radical (unpaired) electrons. The highest BCUT2D eigenvalue weighted by Gasteiger charge is 2.31. The summed E-state index contributed by atoms with van der Waals surface area (Å²) in [5, 5.41) is 0. The summed E-state index contributed by atoms with van der Waals surface area (Å²) in [6.45, 7) is 5.40. The van der Waals surface area contributed by atoms with Crippen LogP contribution in [0.25, 0.3) is 0 Å². The molecule has 4 rings (SSSR count). The van der Waals surface area contributed by atoms with E-state index in [9.17, 15) is 22.0 Å². The molecule has 7 nitrogen and oxygen atoms in total. The zero-order valence-corrected chi connectivity index (χ0v) is 19.9. The second kappa shape index (κ2) is 10.9. The van der Waals surface area contributed by atoms with Gasteiger partial charge in [-0.05, 0) is 55.4 Å². The van der Waals surface area contributed by atoms with Crippen molar-refractivity contribution in [3.05, 3.63) is 65.7 Å². The first-order valence-corrected chi connectivity index (χ1v) is 13.0. The number of piperazine rings is 1. The summed E-state index contributed by atoms with van der Waals surface area (Å²) in [7, 11) is -3.78. The van der Waals surface area contributed by atoms with Gasteiger partial charge in [0.25, 0.3) is 0 Å². The minimum absolute atomic E-state index is 0.00483. The predicted octanol–water partition coefficient (Wildman–Crippen LogP) is 2.01. The van der Waals surface area contributed by atoms with Crippen molar-refractivity contribution in [1.82, 2.24) is 19.0 Å². The van der Waals surface area contributed by atoms with Crippen molar-refractivity contribution < 1.29 is 22.0 Å². The van der Waals surface area contributed by atoms with E-state index in [2.05, 4.69) is 9.80 Å². The Morgan fingerprint density at radius 1 is 0.794 bits per heavy atom. The smallest absolute Gasteiger partial charge is 0.243 e. The molecule has 2 heterocycles. The summed E-state index contributed by atoms with van der Waals surface area (Å²) in [6, 6.07) is 11.5. The molecular weight excluding hydrogens is 462 g/mol. The van der Waals surface area contributed by atoms with Gasteiger partial charge in [-0.25, -0.2) is 17.2 Å². The molecule has 0 unspecified atom stereocenters. The molecule has 34 heavy (non-hydrogen) atoms. The molecule has 2 saturated heterocycles. The first kappa shape index (κ1) is 24.7. The SMILES string of the molecule is O=C(CN1CCCN(Cc2ccc(F)cc2)CC1)N1CCN(S(=O)(=O)c2cccc(F)c2)CC1. The number of nitrogens with zero attached hydrogens (tertiary/aromatic N) is 4. The maximum absolute atomic E-state index is 13.5. The number of halogens is 2. The predicted molar refractivity (Wildman–Crippen MR) is 124 cm³/mol. The van der Waals surface area contributed by atoms with Crippen LogP contribution >= 0.6 is 0 Å². The van der Waals surface area contributed by atoms with Gasteiger partial charge in [0.05, 0.1) is 11.4 Å². The highest BCUT2D eigenvalue weighted by atomic mass is 32.2. The van der Waals surface area contributed by atoms with Gasteiger partial charge in [-0.15, -0.1) is 0 Å². The summed E-state index contributed by atoms with van der Waals surface area (Å²) in [5.74, 6) is -0.838. The van der Waals surface area contributed by atoms with Gasteiger partial charge < -0.3 is 4.90 Å². The maximum atomic E-state index is 13.5. The zero-order valence-electron chi connectivity index (χ0n) is 19.1. The van der Waals surface area contributed by atoms with E-state index in [0.717, 1.165) is 50.8 Å². The Kier molecular flexibility index (Phi) is 7.92. The van der Waals surface area contributed by atoms with Gasteiger partial charge in [-0.1, -0.05) is 18.2 Å². The Bertz CT molecular complexity index is 1090. The van der Waals surface area contributed by atoms with Crippen molar-refractivity contribution >= 4 is 15.9 Å². The van der Waals surface area contributed by atoms with Crippen molar-refractivity contribution in [3.8, 4) is 0 Å². The van der Waals surface area contributed by atoms with Gasteiger partial charge in [0.1, 0.15) is 11.6 Å². The van der Waals surface area contributed by atoms with Crippen LogP contribution in [0, 0.1) is 11.6 Å². The lowest BCUT2D eigenvalue weighted by molar-refractivity contribution is -0.133. The third-order valence-electron chi connectivity index (χ3n) is 6.38. The van der Waals surface area contributed by atoms with Crippen LogP contribution in [0.3, 0.4) is 0 Å². The Morgan fingerprint density at radius 3 is 2.18 bits per heavy atom. The van der Waals surface area contributed by atoms with Crippen LogP contribution in [0.5, 0.6) is 0 Å². The van der Waals surface area contributed by atoms with Crippen molar-refractivity contribution in [3.63, 3.8) is 0 Å². The molecule has 0 saturated carbocycles. The molecule has 0 aromatic heterocycles. The van der Waals surface area contributed by atoms with Crippen molar-refractivity contribution in [1.29, 1.82) is 0 Å². The fraction of sp³-hybridized carbons (Fsp3) is 0.458. The molecule has 2 fully saturated rings. The van der Waals surface area contributed by atoms with E-state index in [1.165, 1.54) is 34.6 Å². The second-order valence-electron chi connectivity index (χ2n) is 8.77. The number of amides is 1. The lowest BCUT2D eigenvalue weighted by atomic mass is 10.2. The zero-order chi connectivity index (χ0) is 24.1. The minimum atomic E-state index is -3.78. The minimum Gasteiger partial charge on any atom is -0.339 e. The monoisotopic (exact) mass is 492 g/mol. The molecule has 0 spiro atoms. The third kappa shape index (κ3) is 6.18. The van der Waals surface area contributed by atoms with E-state index in [0.29, 0.717) is 19.6 Å². The lowest BCUT2D eigenvalue weighted by Gasteiger charge is -2.35. The average Bonchev–Trinajstić information content (AvgIpc) is 3.05. The van der Waals surface area contributed by atoms with E-state index >= 15 is 0 Å². The standard InChI is InChI=1S/C24H30F2N4O3S/c25-21-7-5-20(6-8-21)18-27-9-2-10-28(12-11-27)19-24(31)29-13-15-30(16-14-29)34(32,33)23-4-1-3-22(26)17-23/h1,3-8,17H,2,9-16,18-19H2. The molecule has 1 amide bonds. The number of benzene rings is 2. The van der Waals surface area contributed by atoms with Gasteiger partial charge in [0.2, 0.25) is 15.9 Å². The van der Waals surface area contributed by atoms with E-state index in [-0.39, 0.29) is 29.7 Å². The molecule has 0 atom stereocenters. The van der Waals surface area contributed by atoms with E-state index < -0.39 is 15.8 Å². The summed E-state index contributed by atoms with van der Waals surface area (Å²) in [4.78, 5) is 19.0. The molecule has 2 aromatic rings. The van der Waals surface area contributed by atoms with Crippen LogP contribution in [-0.4, -0.2) is 92.2 Å². The fourth-order valence-electron chi connectivity index (χ4n) is 4.43. The highest BCUT2D eigenvalue weighted by molar-refractivity contribution is 7.89. The van der Waals surface area contributed by atoms with Crippen LogP contribution < -0.4 is 0 Å². The molecule has 0 N–H and O–H groups in total. The molecule has 184 valence electrons.